The Hall–Kier alpha value is -0.600. The van der Waals surface area contributed by atoms with Crippen LogP contribution in [0.4, 0.5) is 0 Å². The van der Waals surface area contributed by atoms with Crippen LogP contribution in [0.5, 0.6) is 0 Å². The minimum atomic E-state index is -1.01. The van der Waals surface area contributed by atoms with Crippen LogP contribution in [0.25, 0.3) is 0 Å². The van der Waals surface area contributed by atoms with Crippen LogP contribution in [-0.2, 0) is 0 Å². The Morgan fingerprint density at radius 3 is 1.36 bits per heavy atom. The Labute approximate surface area is 88.0 Å². The SMILES string of the molecule is C=C/C(C)=C\C.CC(C)(O)C(C)(C)O. The van der Waals surface area contributed by atoms with Crippen molar-refractivity contribution in [3.05, 3.63) is 24.3 Å². The van der Waals surface area contributed by atoms with Gasteiger partial charge in [-0.2, -0.15) is 0 Å². The van der Waals surface area contributed by atoms with Gasteiger partial charge in [0, 0.05) is 0 Å². The van der Waals surface area contributed by atoms with E-state index in [-0.39, 0.29) is 0 Å². The Morgan fingerprint density at radius 2 is 1.36 bits per heavy atom. The number of hydrogen-bond acceptors (Lipinski definition) is 2. The Morgan fingerprint density at radius 1 is 1.07 bits per heavy atom. The highest BCUT2D eigenvalue weighted by Crippen LogP contribution is 2.19. The second kappa shape index (κ2) is 5.99. The third kappa shape index (κ3) is 8.02. The molecule has 0 aromatic carbocycles. The van der Waals surface area contributed by atoms with Crippen molar-refractivity contribution in [2.75, 3.05) is 0 Å². The number of allylic oxidation sites excluding steroid dienone is 3. The van der Waals surface area contributed by atoms with E-state index >= 15 is 0 Å². The Balaban J connectivity index is 0. The summed E-state index contributed by atoms with van der Waals surface area (Å²) in [6.07, 6.45) is 3.85. The zero-order chi connectivity index (χ0) is 12.0. The number of rotatable bonds is 2. The van der Waals surface area contributed by atoms with Crippen molar-refractivity contribution < 1.29 is 10.2 Å². The molecule has 0 rings (SSSR count). The largest absolute Gasteiger partial charge is 0.387 e. The van der Waals surface area contributed by atoms with Crippen LogP contribution >= 0.6 is 0 Å². The molecule has 0 saturated heterocycles. The summed E-state index contributed by atoms with van der Waals surface area (Å²) in [4.78, 5) is 0. The van der Waals surface area contributed by atoms with Crippen LogP contribution in [-0.4, -0.2) is 21.4 Å². The molecule has 0 spiro atoms. The first-order valence-electron chi connectivity index (χ1n) is 4.76. The summed E-state index contributed by atoms with van der Waals surface area (Å²) in [5, 5.41) is 18.2. The fourth-order valence-corrected chi connectivity index (χ4v) is 0.118. The van der Waals surface area contributed by atoms with Crippen molar-refractivity contribution in [2.24, 2.45) is 0 Å². The van der Waals surface area contributed by atoms with E-state index in [1.54, 1.807) is 27.7 Å². The molecular weight excluding hydrogens is 176 g/mol. The zero-order valence-electron chi connectivity index (χ0n) is 10.3. The highest BCUT2D eigenvalue weighted by molar-refractivity contribution is 5.10. The van der Waals surface area contributed by atoms with Gasteiger partial charge < -0.3 is 10.2 Å². The third-order valence-corrected chi connectivity index (χ3v) is 2.27. The Bertz CT molecular complexity index is 177. The average Bonchev–Trinajstić information content (AvgIpc) is 2.00. The number of hydrogen-bond donors (Lipinski definition) is 2. The van der Waals surface area contributed by atoms with E-state index in [0.717, 1.165) is 0 Å². The molecule has 0 amide bonds. The molecule has 84 valence electrons. The van der Waals surface area contributed by atoms with E-state index in [1.807, 2.05) is 26.0 Å². The average molecular weight is 200 g/mol. The first-order valence-corrected chi connectivity index (χ1v) is 4.76. The molecule has 0 aliphatic rings. The summed E-state index contributed by atoms with van der Waals surface area (Å²) in [6.45, 7) is 13.9. The van der Waals surface area contributed by atoms with Crippen LogP contribution in [0.3, 0.4) is 0 Å². The second-order valence-corrected chi connectivity index (χ2v) is 4.35. The molecule has 0 aromatic heterocycles. The van der Waals surface area contributed by atoms with Gasteiger partial charge in [-0.05, 0) is 41.5 Å². The van der Waals surface area contributed by atoms with Crippen LogP contribution in [0.2, 0.25) is 0 Å². The van der Waals surface area contributed by atoms with Crippen LogP contribution in [0.15, 0.2) is 24.3 Å². The fraction of sp³-hybridized carbons (Fsp3) is 0.667. The molecule has 0 bridgehead atoms. The predicted molar refractivity (Wildman–Crippen MR) is 62.2 cm³/mol. The third-order valence-electron chi connectivity index (χ3n) is 2.27. The lowest BCUT2D eigenvalue weighted by molar-refractivity contribution is -0.107. The molecule has 14 heavy (non-hydrogen) atoms. The highest BCUT2D eigenvalue weighted by Gasteiger charge is 2.31. The molecule has 0 atom stereocenters. The van der Waals surface area contributed by atoms with E-state index in [0.29, 0.717) is 0 Å². The van der Waals surface area contributed by atoms with Gasteiger partial charge in [-0.25, -0.2) is 0 Å². The summed E-state index contributed by atoms with van der Waals surface area (Å²) in [5.74, 6) is 0. The van der Waals surface area contributed by atoms with E-state index in [9.17, 15) is 0 Å². The van der Waals surface area contributed by atoms with Gasteiger partial charge in [0.05, 0.1) is 11.2 Å². The molecule has 0 fully saturated rings. The standard InChI is InChI=1S/C6H14O2.C6H10/c1-5(2,7)6(3,4)8;1-4-6(3)5-2/h7-8H,1-4H3;4-5H,1H2,2-3H3/b;6-5-. The maximum atomic E-state index is 9.10. The lowest BCUT2D eigenvalue weighted by Crippen LogP contribution is -2.44. The van der Waals surface area contributed by atoms with Gasteiger partial charge in [0.25, 0.3) is 0 Å². The van der Waals surface area contributed by atoms with Crippen LogP contribution < -0.4 is 0 Å². The molecule has 0 aliphatic carbocycles. The molecule has 2 N–H and O–H groups in total. The van der Waals surface area contributed by atoms with Crippen molar-refractivity contribution in [1.82, 2.24) is 0 Å². The molecule has 0 aliphatic heterocycles. The van der Waals surface area contributed by atoms with E-state index in [1.165, 1.54) is 5.57 Å². The predicted octanol–water partition coefficient (Wildman–Crippen LogP) is 2.67. The first kappa shape index (κ1) is 15.9. The fourth-order valence-electron chi connectivity index (χ4n) is 0.118. The van der Waals surface area contributed by atoms with Crippen molar-refractivity contribution in [1.29, 1.82) is 0 Å². The lowest BCUT2D eigenvalue weighted by Gasteiger charge is -2.31. The van der Waals surface area contributed by atoms with Crippen LogP contribution in [0.1, 0.15) is 41.5 Å². The van der Waals surface area contributed by atoms with Gasteiger partial charge in [0.15, 0.2) is 0 Å². The van der Waals surface area contributed by atoms with Crippen molar-refractivity contribution >= 4 is 0 Å². The van der Waals surface area contributed by atoms with Gasteiger partial charge in [-0.15, -0.1) is 0 Å². The topological polar surface area (TPSA) is 40.5 Å². The van der Waals surface area contributed by atoms with Crippen LogP contribution in [0, 0.1) is 0 Å². The van der Waals surface area contributed by atoms with E-state index in [2.05, 4.69) is 6.58 Å². The quantitative estimate of drug-likeness (QED) is 0.673. The lowest BCUT2D eigenvalue weighted by atomic mass is 9.90. The highest BCUT2D eigenvalue weighted by atomic mass is 16.3. The minimum Gasteiger partial charge on any atom is -0.387 e. The monoisotopic (exact) mass is 200 g/mol. The molecule has 2 heteroatoms. The molecular formula is C12H24O2. The smallest absolute Gasteiger partial charge is 0.0872 e. The Kier molecular flexibility index (Phi) is 6.79. The molecule has 0 heterocycles. The van der Waals surface area contributed by atoms with Crippen molar-refractivity contribution in [2.45, 2.75) is 52.7 Å². The van der Waals surface area contributed by atoms with Gasteiger partial charge >= 0.3 is 0 Å². The first-order chi connectivity index (χ1) is 6.06. The van der Waals surface area contributed by atoms with Gasteiger partial charge in [-0.3, -0.25) is 0 Å². The van der Waals surface area contributed by atoms with Gasteiger partial charge in [0.2, 0.25) is 0 Å². The zero-order valence-corrected chi connectivity index (χ0v) is 10.3. The van der Waals surface area contributed by atoms with Crippen molar-refractivity contribution in [3.8, 4) is 0 Å². The van der Waals surface area contributed by atoms with Gasteiger partial charge in [-0.1, -0.05) is 24.3 Å². The molecule has 0 unspecified atom stereocenters. The summed E-state index contributed by atoms with van der Waals surface area (Å²) < 4.78 is 0. The number of aliphatic hydroxyl groups is 2. The van der Waals surface area contributed by atoms with Gasteiger partial charge in [0.1, 0.15) is 0 Å². The van der Waals surface area contributed by atoms with E-state index < -0.39 is 11.2 Å². The summed E-state index contributed by atoms with van der Waals surface area (Å²) in [7, 11) is 0. The normalized spacial score (nSPS) is 13.0. The molecule has 0 radical (unpaired) electrons. The maximum Gasteiger partial charge on any atom is 0.0872 e. The van der Waals surface area contributed by atoms with E-state index in [4.69, 9.17) is 10.2 Å². The molecule has 0 saturated carbocycles. The molecule has 2 nitrogen and oxygen atoms in total. The second-order valence-electron chi connectivity index (χ2n) is 4.35. The summed E-state index contributed by atoms with van der Waals surface area (Å²) in [6, 6.07) is 0. The summed E-state index contributed by atoms with van der Waals surface area (Å²) in [5.41, 5.74) is -0.782. The molecule has 0 aromatic rings. The van der Waals surface area contributed by atoms with Crippen molar-refractivity contribution in [3.63, 3.8) is 0 Å². The maximum absolute atomic E-state index is 9.10. The minimum absolute atomic E-state index is 1.01. The summed E-state index contributed by atoms with van der Waals surface area (Å²) >= 11 is 0.